The second kappa shape index (κ2) is 7.55. The predicted molar refractivity (Wildman–Crippen MR) is 93.5 cm³/mol. The van der Waals surface area contributed by atoms with Gasteiger partial charge in [-0.25, -0.2) is 0 Å². The Labute approximate surface area is 134 Å². The van der Waals surface area contributed by atoms with E-state index in [1.54, 1.807) is 0 Å². The molecule has 0 radical (unpaired) electrons. The van der Waals surface area contributed by atoms with Gasteiger partial charge in [0, 0.05) is 23.8 Å². The fourth-order valence-corrected chi connectivity index (χ4v) is 3.90. The van der Waals surface area contributed by atoms with Gasteiger partial charge in [-0.05, 0) is 42.7 Å². The van der Waals surface area contributed by atoms with E-state index in [1.165, 1.54) is 24.0 Å². The number of nitrogens with one attached hydrogen (secondary N) is 1. The zero-order valence-corrected chi connectivity index (χ0v) is 14.7. The highest BCUT2D eigenvalue weighted by Gasteiger charge is 2.26. The van der Waals surface area contributed by atoms with Crippen molar-refractivity contribution in [2.45, 2.75) is 57.2 Å². The summed E-state index contributed by atoms with van der Waals surface area (Å²) < 4.78 is 5.98. The zero-order chi connectivity index (χ0) is 15.3. The van der Waals surface area contributed by atoms with Crippen LogP contribution < -0.4 is 10.1 Å². The molecule has 2 rings (SSSR count). The minimum Gasteiger partial charge on any atom is -0.493 e. The van der Waals surface area contributed by atoms with E-state index in [1.807, 2.05) is 11.8 Å². The molecule has 1 heterocycles. The maximum absolute atomic E-state index is 5.61. The van der Waals surface area contributed by atoms with Gasteiger partial charge in [0.15, 0.2) is 0 Å². The van der Waals surface area contributed by atoms with Gasteiger partial charge in [-0.2, -0.15) is 11.8 Å². The molecule has 0 fully saturated rings. The quantitative estimate of drug-likeness (QED) is 0.759. The molecule has 0 spiro atoms. The molecule has 0 amide bonds. The second-order valence-electron chi connectivity index (χ2n) is 5.90. The van der Waals surface area contributed by atoms with Gasteiger partial charge in [0.25, 0.3) is 0 Å². The third kappa shape index (κ3) is 3.75. The molecule has 1 unspecified atom stereocenters. The Kier molecular flexibility index (Phi) is 6.00. The first-order valence-electron chi connectivity index (χ1n) is 8.22. The van der Waals surface area contributed by atoms with Crippen LogP contribution in [0.4, 0.5) is 0 Å². The van der Waals surface area contributed by atoms with E-state index >= 15 is 0 Å². The molecule has 1 aromatic rings. The van der Waals surface area contributed by atoms with Gasteiger partial charge in [0.1, 0.15) is 5.75 Å². The molecule has 0 saturated carbocycles. The Bertz CT molecular complexity index is 448. The van der Waals surface area contributed by atoms with Crippen molar-refractivity contribution >= 4 is 11.8 Å². The molecule has 2 nitrogen and oxygen atoms in total. The summed E-state index contributed by atoms with van der Waals surface area (Å²) in [6, 6.07) is 7.15. The lowest BCUT2D eigenvalue weighted by molar-refractivity contribution is 0.356. The van der Waals surface area contributed by atoms with Gasteiger partial charge in [0.2, 0.25) is 0 Å². The average Bonchev–Trinajstić information content (AvgIpc) is 3.00. The Morgan fingerprint density at radius 3 is 2.67 bits per heavy atom. The van der Waals surface area contributed by atoms with Gasteiger partial charge in [-0.15, -0.1) is 0 Å². The summed E-state index contributed by atoms with van der Waals surface area (Å²) >= 11 is 2.00. The van der Waals surface area contributed by atoms with Crippen molar-refractivity contribution in [3.63, 3.8) is 0 Å². The molecule has 1 atom stereocenters. The number of hydrogen-bond donors (Lipinski definition) is 1. The van der Waals surface area contributed by atoms with Crippen molar-refractivity contribution in [1.29, 1.82) is 0 Å². The maximum Gasteiger partial charge on any atom is 0.122 e. The van der Waals surface area contributed by atoms with E-state index < -0.39 is 0 Å². The summed E-state index contributed by atoms with van der Waals surface area (Å²) in [5.41, 5.74) is 2.78. The zero-order valence-electron chi connectivity index (χ0n) is 13.9. The number of fused-ring (bicyclic) bond motifs is 1. The van der Waals surface area contributed by atoms with Crippen molar-refractivity contribution in [2.24, 2.45) is 0 Å². The smallest absolute Gasteiger partial charge is 0.122 e. The molecule has 118 valence electrons. The molecule has 0 bridgehead atoms. The highest BCUT2D eigenvalue weighted by Crippen LogP contribution is 2.32. The van der Waals surface area contributed by atoms with Crippen molar-refractivity contribution in [3.05, 3.63) is 29.3 Å². The van der Waals surface area contributed by atoms with E-state index in [-0.39, 0.29) is 0 Å². The highest BCUT2D eigenvalue weighted by atomic mass is 32.2. The van der Waals surface area contributed by atoms with Crippen LogP contribution in [0.1, 0.15) is 57.2 Å². The molecule has 0 aromatic heterocycles. The third-order valence-electron chi connectivity index (χ3n) is 4.92. The highest BCUT2D eigenvalue weighted by molar-refractivity contribution is 8.00. The van der Waals surface area contributed by atoms with Gasteiger partial charge >= 0.3 is 0 Å². The van der Waals surface area contributed by atoms with Crippen LogP contribution in [0.25, 0.3) is 0 Å². The number of thioether (sulfide) groups is 1. The number of ether oxygens (including phenoxy) is 1. The van der Waals surface area contributed by atoms with Crippen LogP contribution in [0.3, 0.4) is 0 Å². The number of hydrogen-bond acceptors (Lipinski definition) is 3. The molecule has 0 saturated heterocycles. The van der Waals surface area contributed by atoms with Crippen molar-refractivity contribution < 1.29 is 4.74 Å². The predicted octanol–water partition coefficient (Wildman–Crippen LogP) is 4.58. The Morgan fingerprint density at radius 2 is 2.05 bits per heavy atom. The van der Waals surface area contributed by atoms with Gasteiger partial charge in [-0.1, -0.05) is 32.9 Å². The van der Waals surface area contributed by atoms with Crippen molar-refractivity contribution in [1.82, 2.24) is 5.32 Å². The molecule has 0 aliphatic carbocycles. The molecule has 1 aliphatic rings. The molecule has 1 N–H and O–H groups in total. The largest absolute Gasteiger partial charge is 0.493 e. The number of rotatable bonds is 8. The normalized spacial score (nSPS) is 15.6. The van der Waals surface area contributed by atoms with E-state index in [2.05, 4.69) is 50.5 Å². The van der Waals surface area contributed by atoms with E-state index in [9.17, 15) is 0 Å². The topological polar surface area (TPSA) is 21.3 Å². The maximum atomic E-state index is 5.61. The lowest BCUT2D eigenvalue weighted by atomic mass is 9.98. The van der Waals surface area contributed by atoms with Gasteiger partial charge in [-0.3, -0.25) is 0 Å². The fourth-order valence-electron chi connectivity index (χ4n) is 3.09. The summed E-state index contributed by atoms with van der Waals surface area (Å²) in [5.74, 6) is 1.08. The summed E-state index contributed by atoms with van der Waals surface area (Å²) in [6.07, 6.45) is 6.84. The van der Waals surface area contributed by atoms with Gasteiger partial charge < -0.3 is 10.1 Å². The lowest BCUT2D eigenvalue weighted by Crippen LogP contribution is -2.38. The summed E-state index contributed by atoms with van der Waals surface area (Å²) in [5, 5.41) is 3.81. The first kappa shape index (κ1) is 16.7. The lowest BCUT2D eigenvalue weighted by Gasteiger charge is -2.32. The van der Waals surface area contributed by atoms with Crippen LogP contribution in [0.5, 0.6) is 5.75 Å². The minimum absolute atomic E-state index is 0.368. The molecule has 1 aliphatic heterocycles. The van der Waals surface area contributed by atoms with E-state index in [0.717, 1.165) is 31.7 Å². The Morgan fingerprint density at radius 1 is 1.29 bits per heavy atom. The monoisotopic (exact) mass is 307 g/mol. The Balaban J connectivity index is 2.06. The summed E-state index contributed by atoms with van der Waals surface area (Å²) in [4.78, 5) is 0. The van der Waals surface area contributed by atoms with Crippen LogP contribution in [0.15, 0.2) is 18.2 Å². The third-order valence-corrected chi connectivity index (χ3v) is 6.50. The number of benzene rings is 1. The van der Waals surface area contributed by atoms with Crippen LogP contribution >= 0.6 is 11.8 Å². The van der Waals surface area contributed by atoms with E-state index in [0.29, 0.717) is 10.8 Å². The Hall–Kier alpha value is -0.670. The van der Waals surface area contributed by atoms with E-state index in [4.69, 9.17) is 4.74 Å². The van der Waals surface area contributed by atoms with Crippen LogP contribution in [0.2, 0.25) is 0 Å². The first-order chi connectivity index (χ1) is 10.2. The van der Waals surface area contributed by atoms with Crippen molar-refractivity contribution in [2.75, 3.05) is 19.4 Å². The molecular formula is C18H29NOS. The van der Waals surface area contributed by atoms with Crippen LogP contribution in [-0.2, 0) is 6.42 Å². The summed E-state index contributed by atoms with van der Waals surface area (Å²) in [7, 11) is 0. The SMILES string of the molecule is CCC(NCC(CC)(CC)SC)c1ccc2c(c1)CCO2. The van der Waals surface area contributed by atoms with Crippen molar-refractivity contribution in [3.8, 4) is 5.75 Å². The van der Waals surface area contributed by atoms with Crippen LogP contribution in [0, 0.1) is 0 Å². The minimum atomic E-state index is 0.368. The first-order valence-corrected chi connectivity index (χ1v) is 9.44. The van der Waals surface area contributed by atoms with Crippen LogP contribution in [-0.4, -0.2) is 24.2 Å². The molecule has 21 heavy (non-hydrogen) atoms. The molecule has 1 aromatic carbocycles. The summed E-state index contributed by atoms with van der Waals surface area (Å²) in [6.45, 7) is 8.78. The standard InChI is InChI=1S/C18H29NOS/c1-5-16(19-13-18(6-2,7-3)21-4)14-8-9-17-15(12-14)10-11-20-17/h8-9,12,16,19H,5-7,10-11,13H2,1-4H3. The van der Waals surface area contributed by atoms with Gasteiger partial charge in [0.05, 0.1) is 6.61 Å². The average molecular weight is 308 g/mol. The molecule has 3 heteroatoms. The second-order valence-corrected chi connectivity index (χ2v) is 7.18. The molecular weight excluding hydrogens is 278 g/mol. The fraction of sp³-hybridized carbons (Fsp3) is 0.667.